The molecule has 2 rings (SSSR count). The Bertz CT molecular complexity index is 742. The lowest BCUT2D eigenvalue weighted by molar-refractivity contribution is 0.394. The Morgan fingerprint density at radius 3 is 2.62 bits per heavy atom. The first kappa shape index (κ1) is 18.8. The van der Waals surface area contributed by atoms with Gasteiger partial charge in [-0.3, -0.25) is 4.98 Å². The lowest BCUT2D eigenvalue weighted by atomic mass is 10.2. The fourth-order valence-electron chi connectivity index (χ4n) is 2.79. The molecule has 0 saturated heterocycles. The van der Waals surface area contributed by atoms with Crippen LogP contribution in [0.4, 0.5) is 0 Å². The van der Waals surface area contributed by atoms with Crippen LogP contribution in [0.5, 0.6) is 0 Å². The minimum absolute atomic E-state index is 0.356. The van der Waals surface area contributed by atoms with Gasteiger partial charge in [-0.2, -0.15) is 4.31 Å². The van der Waals surface area contributed by atoms with E-state index in [4.69, 9.17) is 5.73 Å². The van der Waals surface area contributed by atoms with Crippen molar-refractivity contribution in [2.75, 3.05) is 19.6 Å². The molecule has 0 aliphatic rings. The fraction of sp³-hybridized carbons (Fsp3) is 0.500. The van der Waals surface area contributed by atoms with Crippen LogP contribution in [0.3, 0.4) is 0 Å². The summed E-state index contributed by atoms with van der Waals surface area (Å²) in [6.07, 6.45) is 8.18. The van der Waals surface area contributed by atoms with Gasteiger partial charge in [0.25, 0.3) is 0 Å². The number of unbranched alkanes of at least 4 members (excludes halogenated alkanes) is 3. The summed E-state index contributed by atoms with van der Waals surface area (Å²) in [6.45, 7) is 3.64. The van der Waals surface area contributed by atoms with Gasteiger partial charge in [0, 0.05) is 36.3 Å². The molecule has 6 heteroatoms. The molecule has 0 aliphatic heterocycles. The zero-order valence-corrected chi connectivity index (χ0v) is 15.1. The van der Waals surface area contributed by atoms with E-state index >= 15 is 0 Å². The van der Waals surface area contributed by atoms with Crippen molar-refractivity contribution in [3.05, 3.63) is 36.7 Å². The monoisotopic (exact) mass is 349 g/mol. The van der Waals surface area contributed by atoms with E-state index in [2.05, 4.69) is 11.9 Å². The van der Waals surface area contributed by atoms with Gasteiger partial charge in [-0.15, -0.1) is 0 Å². The number of nitrogens with two attached hydrogens (primary N) is 1. The smallest absolute Gasteiger partial charge is 0.243 e. The van der Waals surface area contributed by atoms with Crippen molar-refractivity contribution in [1.29, 1.82) is 0 Å². The standard InChI is InChI=1S/C18H27N3O2S/c1-2-3-4-5-13-21(14-7-11-19)24(22,23)18-9-6-8-16-15-20-12-10-17(16)18/h6,8-10,12,15H,2-5,7,11,13-14,19H2,1H3. The number of sulfonamides is 1. The summed E-state index contributed by atoms with van der Waals surface area (Å²) in [4.78, 5) is 4.43. The zero-order chi connectivity index (χ0) is 17.4. The fourth-order valence-corrected chi connectivity index (χ4v) is 4.52. The van der Waals surface area contributed by atoms with E-state index in [1.54, 1.807) is 34.9 Å². The van der Waals surface area contributed by atoms with Gasteiger partial charge < -0.3 is 5.73 Å². The Balaban J connectivity index is 2.31. The highest BCUT2D eigenvalue weighted by Gasteiger charge is 2.25. The highest BCUT2D eigenvalue weighted by Crippen LogP contribution is 2.25. The minimum Gasteiger partial charge on any atom is -0.330 e. The van der Waals surface area contributed by atoms with E-state index in [9.17, 15) is 8.42 Å². The van der Waals surface area contributed by atoms with E-state index < -0.39 is 10.0 Å². The Labute approximate surface area is 144 Å². The maximum absolute atomic E-state index is 13.2. The molecule has 2 aromatic rings. The summed E-state index contributed by atoms with van der Waals surface area (Å²) < 4.78 is 27.9. The molecule has 0 aliphatic carbocycles. The molecular weight excluding hydrogens is 322 g/mol. The molecule has 0 spiro atoms. The zero-order valence-electron chi connectivity index (χ0n) is 14.3. The first-order chi connectivity index (χ1) is 11.6. The molecule has 0 fully saturated rings. The van der Waals surface area contributed by atoms with Gasteiger partial charge in [0.05, 0.1) is 4.90 Å². The summed E-state index contributed by atoms with van der Waals surface area (Å²) in [6, 6.07) is 7.10. The van der Waals surface area contributed by atoms with Crippen molar-refractivity contribution in [1.82, 2.24) is 9.29 Å². The molecule has 0 atom stereocenters. The predicted octanol–water partition coefficient (Wildman–Crippen LogP) is 3.15. The second-order valence-electron chi connectivity index (χ2n) is 5.96. The Morgan fingerprint density at radius 1 is 1.08 bits per heavy atom. The third-order valence-corrected chi connectivity index (χ3v) is 6.09. The molecular formula is C18H27N3O2S. The highest BCUT2D eigenvalue weighted by molar-refractivity contribution is 7.89. The number of benzene rings is 1. The van der Waals surface area contributed by atoms with E-state index in [1.165, 1.54) is 0 Å². The number of pyridine rings is 1. The van der Waals surface area contributed by atoms with Crippen LogP contribution < -0.4 is 5.73 Å². The number of hydrogen-bond donors (Lipinski definition) is 1. The van der Waals surface area contributed by atoms with Crippen molar-refractivity contribution in [2.45, 2.75) is 43.9 Å². The average Bonchev–Trinajstić information content (AvgIpc) is 2.60. The topological polar surface area (TPSA) is 76.3 Å². The Kier molecular flexibility index (Phi) is 7.15. The third kappa shape index (κ3) is 4.53. The molecule has 0 radical (unpaired) electrons. The van der Waals surface area contributed by atoms with Gasteiger partial charge in [0.1, 0.15) is 0 Å². The minimum atomic E-state index is -3.54. The summed E-state index contributed by atoms with van der Waals surface area (Å²) in [7, 11) is -3.54. The molecule has 1 heterocycles. The van der Waals surface area contributed by atoms with Gasteiger partial charge in [0.2, 0.25) is 10.0 Å². The lowest BCUT2D eigenvalue weighted by Gasteiger charge is -2.23. The summed E-state index contributed by atoms with van der Waals surface area (Å²) >= 11 is 0. The van der Waals surface area contributed by atoms with Crippen molar-refractivity contribution in [2.24, 2.45) is 5.73 Å². The van der Waals surface area contributed by atoms with Gasteiger partial charge in [-0.1, -0.05) is 38.3 Å². The Hall–Kier alpha value is -1.50. The van der Waals surface area contributed by atoms with E-state index in [0.717, 1.165) is 36.5 Å². The van der Waals surface area contributed by atoms with Crippen LogP contribution in [0.1, 0.15) is 39.0 Å². The summed E-state index contributed by atoms with van der Waals surface area (Å²) in [5.41, 5.74) is 5.60. The predicted molar refractivity (Wildman–Crippen MR) is 98.3 cm³/mol. The van der Waals surface area contributed by atoms with Crippen molar-refractivity contribution < 1.29 is 8.42 Å². The molecule has 1 aromatic heterocycles. The van der Waals surface area contributed by atoms with E-state index in [0.29, 0.717) is 31.0 Å². The number of hydrogen-bond acceptors (Lipinski definition) is 4. The number of aromatic nitrogens is 1. The molecule has 0 unspecified atom stereocenters. The Morgan fingerprint density at radius 2 is 1.88 bits per heavy atom. The van der Waals surface area contributed by atoms with Crippen molar-refractivity contribution >= 4 is 20.8 Å². The van der Waals surface area contributed by atoms with Crippen LogP contribution in [0.25, 0.3) is 10.8 Å². The largest absolute Gasteiger partial charge is 0.330 e. The van der Waals surface area contributed by atoms with Crippen LogP contribution in [-0.2, 0) is 10.0 Å². The van der Waals surface area contributed by atoms with Gasteiger partial charge in [0.15, 0.2) is 0 Å². The maximum Gasteiger partial charge on any atom is 0.243 e. The first-order valence-electron chi connectivity index (χ1n) is 8.64. The van der Waals surface area contributed by atoms with Crippen molar-refractivity contribution in [3.63, 3.8) is 0 Å². The molecule has 0 bridgehead atoms. The second kappa shape index (κ2) is 9.11. The van der Waals surface area contributed by atoms with Crippen LogP contribution in [-0.4, -0.2) is 37.3 Å². The first-order valence-corrected chi connectivity index (χ1v) is 10.1. The number of nitrogens with zero attached hydrogens (tertiary/aromatic N) is 2. The molecule has 1 aromatic carbocycles. The molecule has 0 amide bonds. The molecule has 2 N–H and O–H groups in total. The second-order valence-corrected chi connectivity index (χ2v) is 7.87. The van der Waals surface area contributed by atoms with E-state index in [1.807, 2.05) is 6.07 Å². The normalized spacial score (nSPS) is 12.1. The number of fused-ring (bicyclic) bond motifs is 1. The number of rotatable bonds is 10. The van der Waals surface area contributed by atoms with Crippen LogP contribution >= 0.6 is 0 Å². The molecule has 5 nitrogen and oxygen atoms in total. The quantitative estimate of drug-likeness (QED) is 0.669. The molecule has 24 heavy (non-hydrogen) atoms. The van der Waals surface area contributed by atoms with Gasteiger partial charge in [-0.25, -0.2) is 8.42 Å². The average molecular weight is 350 g/mol. The third-order valence-electron chi connectivity index (χ3n) is 4.13. The summed E-state index contributed by atoms with van der Waals surface area (Å²) in [5.74, 6) is 0. The maximum atomic E-state index is 13.2. The molecule has 132 valence electrons. The van der Waals surface area contributed by atoms with Crippen LogP contribution in [0.15, 0.2) is 41.6 Å². The molecule has 0 saturated carbocycles. The summed E-state index contributed by atoms with van der Waals surface area (Å²) in [5, 5.41) is 1.56. The lowest BCUT2D eigenvalue weighted by Crippen LogP contribution is -2.34. The van der Waals surface area contributed by atoms with Gasteiger partial charge in [-0.05, 0) is 31.5 Å². The van der Waals surface area contributed by atoms with Crippen LogP contribution in [0, 0.1) is 0 Å². The van der Waals surface area contributed by atoms with E-state index in [-0.39, 0.29) is 0 Å². The van der Waals surface area contributed by atoms with Crippen LogP contribution in [0.2, 0.25) is 0 Å². The SMILES string of the molecule is CCCCCCN(CCCN)S(=O)(=O)c1cccc2cnccc12. The van der Waals surface area contributed by atoms with Crippen molar-refractivity contribution in [3.8, 4) is 0 Å². The van der Waals surface area contributed by atoms with Gasteiger partial charge >= 0.3 is 0 Å². The highest BCUT2D eigenvalue weighted by atomic mass is 32.2.